The van der Waals surface area contributed by atoms with Gasteiger partial charge in [0.15, 0.2) is 0 Å². The van der Waals surface area contributed by atoms with Crippen LogP contribution in [0.1, 0.15) is 11.5 Å². The van der Waals surface area contributed by atoms with Crippen molar-refractivity contribution >= 4 is 21.9 Å². The van der Waals surface area contributed by atoms with Crippen LogP contribution in [0.5, 0.6) is 0 Å². The van der Waals surface area contributed by atoms with Crippen LogP contribution in [0.2, 0.25) is 0 Å². The average Bonchev–Trinajstić information content (AvgIpc) is 2.25. The highest BCUT2D eigenvalue weighted by molar-refractivity contribution is 9.10. The zero-order valence-electron chi connectivity index (χ0n) is 8.27. The molecule has 1 rings (SSSR count). The largest absolute Gasteiger partial charge is 0.468 e. The third-order valence-electron chi connectivity index (χ3n) is 2.00. The molecule has 2 N–H and O–H groups in total. The fourth-order valence-electron chi connectivity index (χ4n) is 1.26. The predicted octanol–water partition coefficient (Wildman–Crippen LogP) is 1.60. The molecule has 5 heteroatoms. The molecule has 0 heterocycles. The lowest BCUT2D eigenvalue weighted by Crippen LogP contribution is -2.21. The van der Waals surface area contributed by atoms with Gasteiger partial charge in [-0.1, -0.05) is 28.1 Å². The Morgan fingerprint density at radius 3 is 2.87 bits per heavy atom. The highest BCUT2D eigenvalue weighted by atomic mass is 79.9. The van der Waals surface area contributed by atoms with E-state index in [1.165, 1.54) is 7.11 Å². The molecule has 1 unspecified atom stereocenters. The maximum atomic E-state index is 11.4. The van der Waals surface area contributed by atoms with Crippen LogP contribution in [0.3, 0.4) is 0 Å². The van der Waals surface area contributed by atoms with E-state index in [2.05, 4.69) is 25.5 Å². The Hall–Kier alpha value is -0.910. The van der Waals surface area contributed by atoms with Crippen molar-refractivity contribution in [3.63, 3.8) is 0 Å². The second-order valence-electron chi connectivity index (χ2n) is 2.96. The highest BCUT2D eigenvalue weighted by Crippen LogP contribution is 2.21. The molecule has 0 radical (unpaired) electrons. The van der Waals surface area contributed by atoms with Crippen molar-refractivity contribution in [2.75, 3.05) is 13.7 Å². The molecule has 1 aromatic carbocycles. The number of nitrogens with two attached hydrogens (primary N) is 1. The lowest BCUT2D eigenvalue weighted by Gasteiger charge is -2.13. The van der Waals surface area contributed by atoms with Crippen molar-refractivity contribution in [1.82, 2.24) is 0 Å². The fourth-order valence-corrected chi connectivity index (χ4v) is 1.68. The van der Waals surface area contributed by atoms with Gasteiger partial charge in [0.2, 0.25) is 0 Å². The third kappa shape index (κ3) is 3.30. The van der Waals surface area contributed by atoms with Crippen molar-refractivity contribution in [1.29, 1.82) is 0 Å². The lowest BCUT2D eigenvalue weighted by molar-refractivity contribution is -0.144. The van der Waals surface area contributed by atoms with Gasteiger partial charge in [0.1, 0.15) is 5.92 Å². The molecule has 0 aliphatic heterocycles. The van der Waals surface area contributed by atoms with E-state index in [9.17, 15) is 4.79 Å². The molecular formula is C10H12BrNO3. The molecule has 0 amide bonds. The molecule has 4 nitrogen and oxygen atoms in total. The van der Waals surface area contributed by atoms with Gasteiger partial charge >= 0.3 is 5.97 Å². The van der Waals surface area contributed by atoms with Gasteiger partial charge < -0.3 is 9.57 Å². The molecule has 0 aromatic heterocycles. The van der Waals surface area contributed by atoms with Crippen molar-refractivity contribution in [3.05, 3.63) is 34.3 Å². The summed E-state index contributed by atoms with van der Waals surface area (Å²) in [6.07, 6.45) is 0. The van der Waals surface area contributed by atoms with Gasteiger partial charge in [-0.05, 0) is 17.7 Å². The maximum Gasteiger partial charge on any atom is 0.315 e. The molecule has 82 valence electrons. The summed E-state index contributed by atoms with van der Waals surface area (Å²) < 4.78 is 5.56. The standard InChI is InChI=1S/C10H12BrNO3/c1-14-10(13)9(6-15-12)7-3-2-4-8(11)5-7/h2-5,9H,6,12H2,1H3. The summed E-state index contributed by atoms with van der Waals surface area (Å²) in [6.45, 7) is 0.100. The summed E-state index contributed by atoms with van der Waals surface area (Å²) in [7, 11) is 1.34. The quantitative estimate of drug-likeness (QED) is 0.669. The van der Waals surface area contributed by atoms with E-state index in [0.717, 1.165) is 10.0 Å². The smallest absolute Gasteiger partial charge is 0.315 e. The van der Waals surface area contributed by atoms with Crippen LogP contribution in [-0.4, -0.2) is 19.7 Å². The van der Waals surface area contributed by atoms with E-state index < -0.39 is 5.92 Å². The molecule has 0 fully saturated rings. The number of carbonyl (C=O) groups excluding carboxylic acids is 1. The molecule has 1 atom stereocenters. The number of esters is 1. The molecule has 0 bridgehead atoms. The lowest BCUT2D eigenvalue weighted by atomic mass is 10.0. The number of halogens is 1. The second kappa shape index (κ2) is 5.85. The van der Waals surface area contributed by atoms with Gasteiger partial charge in [-0.25, -0.2) is 5.90 Å². The van der Waals surface area contributed by atoms with Crippen molar-refractivity contribution in [3.8, 4) is 0 Å². The minimum Gasteiger partial charge on any atom is -0.468 e. The Morgan fingerprint density at radius 2 is 2.33 bits per heavy atom. The Morgan fingerprint density at radius 1 is 1.60 bits per heavy atom. The zero-order valence-corrected chi connectivity index (χ0v) is 9.86. The summed E-state index contributed by atoms with van der Waals surface area (Å²) in [6, 6.07) is 7.37. The van der Waals surface area contributed by atoms with E-state index in [4.69, 9.17) is 5.90 Å². The Bertz CT molecular complexity index is 343. The zero-order chi connectivity index (χ0) is 11.3. The minimum absolute atomic E-state index is 0.100. The minimum atomic E-state index is -0.488. The van der Waals surface area contributed by atoms with Gasteiger partial charge in [-0.2, -0.15) is 0 Å². The van der Waals surface area contributed by atoms with Crippen molar-refractivity contribution in [2.45, 2.75) is 5.92 Å². The summed E-state index contributed by atoms with van der Waals surface area (Å²) in [5, 5.41) is 0. The number of methoxy groups -OCH3 is 1. The monoisotopic (exact) mass is 273 g/mol. The van der Waals surface area contributed by atoms with Crippen LogP contribution in [0.25, 0.3) is 0 Å². The van der Waals surface area contributed by atoms with E-state index in [-0.39, 0.29) is 12.6 Å². The molecule has 0 aliphatic rings. The van der Waals surface area contributed by atoms with Crippen LogP contribution in [0, 0.1) is 0 Å². The van der Waals surface area contributed by atoms with Crippen LogP contribution in [0.15, 0.2) is 28.7 Å². The molecule has 15 heavy (non-hydrogen) atoms. The van der Waals surface area contributed by atoms with Crippen molar-refractivity contribution < 1.29 is 14.4 Å². The van der Waals surface area contributed by atoms with E-state index in [0.29, 0.717) is 0 Å². The molecule has 0 saturated heterocycles. The molecule has 0 aliphatic carbocycles. The topological polar surface area (TPSA) is 61.5 Å². The molecule has 0 saturated carbocycles. The predicted molar refractivity (Wildman–Crippen MR) is 59.0 cm³/mol. The Balaban J connectivity index is 2.93. The number of benzene rings is 1. The summed E-state index contributed by atoms with van der Waals surface area (Å²) in [5.74, 6) is 4.13. The van der Waals surface area contributed by atoms with Crippen LogP contribution in [-0.2, 0) is 14.4 Å². The van der Waals surface area contributed by atoms with E-state index in [1.807, 2.05) is 24.3 Å². The van der Waals surface area contributed by atoms with E-state index in [1.54, 1.807) is 0 Å². The normalized spacial score (nSPS) is 12.2. The first kappa shape index (κ1) is 12.2. The second-order valence-corrected chi connectivity index (χ2v) is 3.88. The first-order valence-electron chi connectivity index (χ1n) is 4.34. The number of carbonyl (C=O) groups is 1. The first-order chi connectivity index (χ1) is 7.19. The SMILES string of the molecule is COC(=O)C(CON)c1cccc(Br)c1. The van der Waals surface area contributed by atoms with Gasteiger partial charge in [-0.3, -0.25) is 4.79 Å². The van der Waals surface area contributed by atoms with Crippen LogP contribution < -0.4 is 5.90 Å². The Labute approximate surface area is 96.4 Å². The Kier molecular flexibility index (Phi) is 4.74. The van der Waals surface area contributed by atoms with Crippen LogP contribution in [0.4, 0.5) is 0 Å². The van der Waals surface area contributed by atoms with Crippen LogP contribution >= 0.6 is 15.9 Å². The summed E-state index contributed by atoms with van der Waals surface area (Å²) in [5.41, 5.74) is 0.807. The van der Waals surface area contributed by atoms with Crippen molar-refractivity contribution in [2.24, 2.45) is 5.90 Å². The van der Waals surface area contributed by atoms with Gasteiger partial charge in [-0.15, -0.1) is 0 Å². The number of rotatable bonds is 4. The first-order valence-corrected chi connectivity index (χ1v) is 5.13. The van der Waals surface area contributed by atoms with Gasteiger partial charge in [0, 0.05) is 4.47 Å². The van der Waals surface area contributed by atoms with Gasteiger partial charge in [0.25, 0.3) is 0 Å². The summed E-state index contributed by atoms with van der Waals surface area (Å²) >= 11 is 3.33. The third-order valence-corrected chi connectivity index (χ3v) is 2.49. The van der Waals surface area contributed by atoms with E-state index >= 15 is 0 Å². The number of ether oxygens (including phenoxy) is 1. The number of hydrogen-bond donors (Lipinski definition) is 1. The number of hydrogen-bond acceptors (Lipinski definition) is 4. The summed E-state index contributed by atoms with van der Waals surface area (Å²) in [4.78, 5) is 15.9. The molecule has 1 aromatic rings. The fraction of sp³-hybridized carbons (Fsp3) is 0.300. The highest BCUT2D eigenvalue weighted by Gasteiger charge is 2.21. The average molecular weight is 274 g/mol. The maximum absolute atomic E-state index is 11.4. The molecule has 0 spiro atoms. The van der Waals surface area contributed by atoms with Gasteiger partial charge in [0.05, 0.1) is 13.7 Å². The molecular weight excluding hydrogens is 262 g/mol.